The van der Waals surface area contributed by atoms with E-state index in [2.05, 4.69) is 21.2 Å². The largest absolute Gasteiger partial charge is 0.372 e. The summed E-state index contributed by atoms with van der Waals surface area (Å²) in [6.45, 7) is 1.86. The molecule has 0 fully saturated rings. The van der Waals surface area contributed by atoms with E-state index in [1.54, 1.807) is 12.1 Å². The van der Waals surface area contributed by atoms with Crippen LogP contribution in [-0.2, 0) is 4.79 Å². The van der Waals surface area contributed by atoms with Crippen molar-refractivity contribution in [2.45, 2.75) is 19.4 Å². The molecule has 88 valence electrons. The third kappa shape index (κ3) is 3.03. The van der Waals surface area contributed by atoms with Crippen LogP contribution in [0.1, 0.15) is 13.3 Å². The van der Waals surface area contributed by atoms with Crippen molar-refractivity contribution in [1.82, 2.24) is 0 Å². The molecule has 0 saturated heterocycles. The summed E-state index contributed by atoms with van der Waals surface area (Å²) in [7, 11) is 0. The number of amides is 1. The second-order valence-corrected chi connectivity index (χ2v) is 4.84. The van der Waals surface area contributed by atoms with Gasteiger partial charge in [0.1, 0.15) is 6.04 Å². The minimum atomic E-state index is -0.449. The van der Waals surface area contributed by atoms with E-state index in [1.165, 1.54) is 0 Å². The zero-order valence-electron chi connectivity index (χ0n) is 8.56. The summed E-state index contributed by atoms with van der Waals surface area (Å²) in [4.78, 5) is 11.1. The van der Waals surface area contributed by atoms with Crippen LogP contribution in [0.5, 0.6) is 0 Å². The molecular weight excluding hydrogens is 315 g/mol. The van der Waals surface area contributed by atoms with Gasteiger partial charge < -0.3 is 11.1 Å². The number of benzene rings is 1. The SMILES string of the molecule is CCC(Nc1ccc(Br)c(Cl)c1Cl)C(N)=O. The number of nitrogens with two attached hydrogens (primary N) is 1. The highest BCUT2D eigenvalue weighted by molar-refractivity contribution is 9.10. The van der Waals surface area contributed by atoms with Gasteiger partial charge in [0, 0.05) is 4.47 Å². The fraction of sp³-hybridized carbons (Fsp3) is 0.300. The van der Waals surface area contributed by atoms with Crippen molar-refractivity contribution in [3.05, 3.63) is 26.7 Å². The van der Waals surface area contributed by atoms with Gasteiger partial charge in [0.05, 0.1) is 15.7 Å². The van der Waals surface area contributed by atoms with Crippen LogP contribution in [0.25, 0.3) is 0 Å². The van der Waals surface area contributed by atoms with E-state index in [9.17, 15) is 4.79 Å². The molecule has 16 heavy (non-hydrogen) atoms. The lowest BCUT2D eigenvalue weighted by Gasteiger charge is -2.16. The molecule has 1 atom stereocenters. The number of nitrogens with one attached hydrogen (secondary N) is 1. The Morgan fingerprint density at radius 3 is 2.62 bits per heavy atom. The van der Waals surface area contributed by atoms with Gasteiger partial charge in [-0.25, -0.2) is 0 Å². The zero-order chi connectivity index (χ0) is 12.3. The normalized spacial score (nSPS) is 12.2. The third-order valence-electron chi connectivity index (χ3n) is 2.12. The molecule has 0 heterocycles. The smallest absolute Gasteiger partial charge is 0.239 e. The molecule has 0 aromatic heterocycles. The van der Waals surface area contributed by atoms with Gasteiger partial charge in [-0.2, -0.15) is 0 Å². The highest BCUT2D eigenvalue weighted by Gasteiger charge is 2.15. The number of hydrogen-bond acceptors (Lipinski definition) is 2. The van der Waals surface area contributed by atoms with E-state index in [0.717, 1.165) is 0 Å². The van der Waals surface area contributed by atoms with E-state index < -0.39 is 11.9 Å². The standard InChI is InChI=1S/C10H11BrCl2N2O/c1-2-6(10(14)16)15-7-4-3-5(11)8(12)9(7)13/h3-4,6,15H,2H2,1H3,(H2,14,16). The van der Waals surface area contributed by atoms with E-state index in [4.69, 9.17) is 28.9 Å². The van der Waals surface area contributed by atoms with Gasteiger partial charge in [0.2, 0.25) is 5.91 Å². The molecular formula is C10H11BrCl2N2O. The molecule has 0 saturated carbocycles. The molecule has 0 aliphatic rings. The molecule has 3 nitrogen and oxygen atoms in total. The molecule has 3 N–H and O–H groups in total. The summed E-state index contributed by atoms with van der Waals surface area (Å²) in [6.07, 6.45) is 0.583. The van der Waals surface area contributed by atoms with Gasteiger partial charge in [0.15, 0.2) is 0 Å². The van der Waals surface area contributed by atoms with Gasteiger partial charge in [-0.15, -0.1) is 0 Å². The molecule has 1 amide bonds. The number of rotatable bonds is 4. The number of halogens is 3. The number of carbonyl (C=O) groups excluding carboxylic acids is 1. The van der Waals surface area contributed by atoms with Crippen molar-refractivity contribution in [2.24, 2.45) is 5.73 Å². The highest BCUT2D eigenvalue weighted by Crippen LogP contribution is 2.36. The monoisotopic (exact) mass is 324 g/mol. The maximum absolute atomic E-state index is 11.1. The second-order valence-electron chi connectivity index (χ2n) is 3.23. The Kier molecular flexibility index (Phi) is 4.89. The Morgan fingerprint density at radius 2 is 2.12 bits per heavy atom. The fourth-order valence-corrected chi connectivity index (χ4v) is 2.03. The fourth-order valence-electron chi connectivity index (χ4n) is 1.20. The van der Waals surface area contributed by atoms with E-state index >= 15 is 0 Å². The average molecular weight is 326 g/mol. The zero-order valence-corrected chi connectivity index (χ0v) is 11.7. The maximum atomic E-state index is 11.1. The number of primary amides is 1. The first kappa shape index (κ1) is 13.6. The molecule has 0 aliphatic heterocycles. The van der Waals surface area contributed by atoms with Crippen LogP contribution in [0.15, 0.2) is 16.6 Å². The van der Waals surface area contributed by atoms with Gasteiger partial charge in [0.25, 0.3) is 0 Å². The number of carbonyl (C=O) groups is 1. The third-order valence-corrected chi connectivity index (χ3v) is 3.89. The van der Waals surface area contributed by atoms with Crippen LogP contribution >= 0.6 is 39.1 Å². The lowest BCUT2D eigenvalue weighted by atomic mass is 10.2. The van der Waals surface area contributed by atoms with Crippen LogP contribution < -0.4 is 11.1 Å². The van der Waals surface area contributed by atoms with Gasteiger partial charge >= 0.3 is 0 Å². The topological polar surface area (TPSA) is 55.1 Å². The molecule has 1 aromatic carbocycles. The Hall–Kier alpha value is -0.450. The summed E-state index contributed by atoms with van der Waals surface area (Å²) in [5, 5.41) is 3.73. The first-order valence-electron chi connectivity index (χ1n) is 4.66. The molecule has 0 spiro atoms. The van der Waals surface area contributed by atoms with Crippen LogP contribution in [0.4, 0.5) is 5.69 Å². The van der Waals surface area contributed by atoms with Crippen molar-refractivity contribution in [2.75, 3.05) is 5.32 Å². The summed E-state index contributed by atoms with van der Waals surface area (Å²) >= 11 is 15.2. The number of hydrogen-bond donors (Lipinski definition) is 2. The van der Waals surface area contributed by atoms with Crippen molar-refractivity contribution in [1.29, 1.82) is 0 Å². The summed E-state index contributed by atoms with van der Waals surface area (Å²) in [5.74, 6) is -0.419. The average Bonchev–Trinajstić information content (AvgIpc) is 2.25. The van der Waals surface area contributed by atoms with E-state index in [1.807, 2.05) is 6.92 Å². The summed E-state index contributed by atoms with van der Waals surface area (Å²) in [6, 6.07) is 3.04. The predicted molar refractivity (Wildman–Crippen MR) is 71.1 cm³/mol. The van der Waals surface area contributed by atoms with Crippen molar-refractivity contribution in [3.63, 3.8) is 0 Å². The Balaban J connectivity index is 2.97. The van der Waals surface area contributed by atoms with E-state index in [0.29, 0.717) is 26.6 Å². The summed E-state index contributed by atoms with van der Waals surface area (Å²) < 4.78 is 0.705. The lowest BCUT2D eigenvalue weighted by Crippen LogP contribution is -2.34. The Morgan fingerprint density at radius 1 is 1.50 bits per heavy atom. The molecule has 1 unspecified atom stereocenters. The van der Waals surface area contributed by atoms with Crippen LogP contribution in [-0.4, -0.2) is 11.9 Å². The maximum Gasteiger partial charge on any atom is 0.239 e. The second kappa shape index (κ2) is 5.75. The molecule has 0 radical (unpaired) electrons. The van der Waals surface area contributed by atoms with Crippen LogP contribution in [0, 0.1) is 0 Å². The highest BCUT2D eigenvalue weighted by atomic mass is 79.9. The minimum absolute atomic E-state index is 0.371. The predicted octanol–water partition coefficient (Wildman–Crippen LogP) is 3.43. The van der Waals surface area contributed by atoms with Crippen molar-refractivity contribution in [3.8, 4) is 0 Å². The van der Waals surface area contributed by atoms with Crippen molar-refractivity contribution >= 4 is 50.7 Å². The van der Waals surface area contributed by atoms with Crippen molar-refractivity contribution < 1.29 is 4.79 Å². The Labute approximate surface area is 112 Å². The van der Waals surface area contributed by atoms with Crippen LogP contribution in [0.2, 0.25) is 10.0 Å². The lowest BCUT2D eigenvalue weighted by molar-refractivity contribution is -0.118. The molecule has 0 aliphatic carbocycles. The first-order valence-corrected chi connectivity index (χ1v) is 6.21. The van der Waals surface area contributed by atoms with Gasteiger partial charge in [-0.1, -0.05) is 30.1 Å². The van der Waals surface area contributed by atoms with Gasteiger partial charge in [-0.05, 0) is 34.5 Å². The molecule has 0 bridgehead atoms. The molecule has 1 rings (SSSR count). The number of anilines is 1. The molecule has 1 aromatic rings. The first-order chi connectivity index (χ1) is 7.47. The minimum Gasteiger partial charge on any atom is -0.372 e. The summed E-state index contributed by atoms with van der Waals surface area (Å²) in [5.41, 5.74) is 5.82. The van der Waals surface area contributed by atoms with Crippen LogP contribution in [0.3, 0.4) is 0 Å². The molecule has 6 heteroatoms. The Bertz CT molecular complexity index is 412. The van der Waals surface area contributed by atoms with E-state index in [-0.39, 0.29) is 0 Å². The van der Waals surface area contributed by atoms with Gasteiger partial charge in [-0.3, -0.25) is 4.79 Å². The quantitative estimate of drug-likeness (QED) is 0.833.